The van der Waals surface area contributed by atoms with Gasteiger partial charge in [-0.25, -0.2) is 4.20 Å². The summed E-state index contributed by atoms with van der Waals surface area (Å²) in [5.74, 6) is 1.99. The molecule has 1 atom stereocenters. The summed E-state index contributed by atoms with van der Waals surface area (Å²) < 4.78 is 4.74. The van der Waals surface area contributed by atoms with Crippen molar-refractivity contribution in [2.24, 2.45) is 0 Å². The highest BCUT2D eigenvalue weighted by Crippen LogP contribution is 1.99. The van der Waals surface area contributed by atoms with Gasteiger partial charge in [-0.2, -0.15) is 0 Å². The summed E-state index contributed by atoms with van der Waals surface area (Å²) in [6, 6.07) is 1.90. The molecule has 1 aromatic rings. The van der Waals surface area contributed by atoms with Crippen molar-refractivity contribution in [2.45, 2.75) is 0 Å². The molecule has 2 heteroatoms. The molecule has 0 aliphatic carbocycles. The van der Waals surface area contributed by atoms with Crippen LogP contribution in [0.15, 0.2) is 22.3 Å². The molecule has 0 radical (unpaired) electrons. The molecule has 0 saturated heterocycles. The molecule has 0 N–H and O–H groups in total. The zero-order valence-electron chi connectivity index (χ0n) is 2.64. The standard InChI is InChI=1S/C3H4OP/c1-2-4-5-3-1/h1-3,5H/q+1. The molecule has 5 heavy (non-hydrogen) atoms. The van der Waals surface area contributed by atoms with Crippen LogP contribution in [0.2, 0.25) is 0 Å². The monoisotopic (exact) mass is 87.0 g/mol. The molecule has 1 heterocycles. The molecule has 1 rings (SSSR count). The Morgan fingerprint density at radius 3 is 2.80 bits per heavy atom. The highest BCUT2D eigenvalue weighted by molar-refractivity contribution is 7.22. The van der Waals surface area contributed by atoms with E-state index in [1.165, 1.54) is 0 Å². The van der Waals surface area contributed by atoms with Gasteiger partial charge in [0.25, 0.3) is 8.43 Å². The van der Waals surface area contributed by atoms with Gasteiger partial charge in [-0.05, 0) is 0 Å². The van der Waals surface area contributed by atoms with E-state index in [4.69, 9.17) is 4.20 Å². The molecular formula is C3H4OP+. The molecule has 1 aromatic heterocycles. The third-order valence-corrected chi connectivity index (χ3v) is 0.980. The average Bonchev–Trinajstić information content (AvgIpc) is 1.76. The van der Waals surface area contributed by atoms with Crippen LogP contribution >= 0.6 is 8.43 Å². The lowest BCUT2D eigenvalue weighted by molar-refractivity contribution is 0.696. The average molecular weight is 87.0 g/mol. The van der Waals surface area contributed by atoms with Crippen LogP contribution in [-0.4, -0.2) is 0 Å². The SMILES string of the molecule is c1c[o+][pH]c1. The smallest absolute Gasteiger partial charge is 0.224 e. The molecule has 0 spiro atoms. The van der Waals surface area contributed by atoms with Crippen LogP contribution in [0.4, 0.5) is 0 Å². The minimum Gasteiger partial charge on any atom is -0.224 e. The Morgan fingerprint density at radius 2 is 2.60 bits per heavy atom. The van der Waals surface area contributed by atoms with Crippen molar-refractivity contribution >= 4 is 8.43 Å². The summed E-state index contributed by atoms with van der Waals surface area (Å²) in [7, 11) is 0.573. The second-order valence-corrected chi connectivity index (χ2v) is 1.54. The van der Waals surface area contributed by atoms with Gasteiger partial charge in [0.05, 0.1) is 5.80 Å². The first-order valence-electron chi connectivity index (χ1n) is 1.40. The van der Waals surface area contributed by atoms with E-state index in [1.54, 1.807) is 6.26 Å². The lowest BCUT2D eigenvalue weighted by Crippen LogP contribution is -1.16. The van der Waals surface area contributed by atoms with E-state index in [9.17, 15) is 0 Å². The maximum Gasteiger partial charge on any atom is 0.318 e. The minimum atomic E-state index is 0.573. The first-order chi connectivity index (χ1) is 2.50. The Kier molecular flexibility index (Phi) is 0.718. The summed E-state index contributed by atoms with van der Waals surface area (Å²) in [6.07, 6.45) is 1.69. The van der Waals surface area contributed by atoms with Crippen LogP contribution in [0.1, 0.15) is 0 Å². The highest BCUT2D eigenvalue weighted by atomic mass is 31.1. The summed E-state index contributed by atoms with van der Waals surface area (Å²) in [5, 5.41) is 0. The van der Waals surface area contributed by atoms with E-state index < -0.39 is 0 Å². The zero-order chi connectivity index (χ0) is 3.54. The Balaban J connectivity index is 3.13. The molecule has 1 unspecified atom stereocenters. The van der Waals surface area contributed by atoms with Gasteiger partial charge in [-0.15, -0.1) is 0 Å². The fourth-order valence-electron chi connectivity index (χ4n) is 0.196. The van der Waals surface area contributed by atoms with Crippen molar-refractivity contribution in [2.75, 3.05) is 0 Å². The molecule has 0 fully saturated rings. The highest BCUT2D eigenvalue weighted by Gasteiger charge is 1.74. The molecule has 0 aliphatic heterocycles. The lowest BCUT2D eigenvalue weighted by atomic mass is 10.8. The fourth-order valence-corrected chi connectivity index (χ4v) is 0.589. The molecule has 0 aliphatic rings. The van der Waals surface area contributed by atoms with Gasteiger partial charge in [0.15, 0.2) is 0 Å². The van der Waals surface area contributed by atoms with Crippen molar-refractivity contribution in [3.8, 4) is 0 Å². The van der Waals surface area contributed by atoms with E-state index >= 15 is 0 Å². The quantitative estimate of drug-likeness (QED) is 0.437. The van der Waals surface area contributed by atoms with Gasteiger partial charge in [-0.1, -0.05) is 0 Å². The van der Waals surface area contributed by atoms with Crippen LogP contribution in [0.25, 0.3) is 0 Å². The Morgan fingerprint density at radius 1 is 1.60 bits per heavy atom. The summed E-state index contributed by atoms with van der Waals surface area (Å²) in [5.41, 5.74) is 0. The first kappa shape index (κ1) is 2.92. The normalized spacial score (nSPS) is 9.60. The van der Waals surface area contributed by atoms with Crippen molar-refractivity contribution in [1.82, 2.24) is 0 Å². The van der Waals surface area contributed by atoms with E-state index in [2.05, 4.69) is 0 Å². The maximum absolute atomic E-state index is 4.74. The summed E-state index contributed by atoms with van der Waals surface area (Å²) in [4.78, 5) is 0. The summed E-state index contributed by atoms with van der Waals surface area (Å²) in [6.45, 7) is 0. The predicted octanol–water partition coefficient (Wildman–Crippen LogP) is 1.59. The van der Waals surface area contributed by atoms with E-state index in [1.807, 2.05) is 11.9 Å². The molecule has 0 saturated carbocycles. The maximum atomic E-state index is 4.74. The van der Waals surface area contributed by atoms with Crippen LogP contribution in [-0.2, 0) is 0 Å². The van der Waals surface area contributed by atoms with Gasteiger partial charge in [0.2, 0.25) is 0 Å². The molecule has 26 valence electrons. The van der Waals surface area contributed by atoms with Gasteiger partial charge in [0, 0.05) is 6.07 Å². The van der Waals surface area contributed by atoms with Crippen LogP contribution < -0.4 is 0 Å². The zero-order valence-corrected chi connectivity index (χ0v) is 3.64. The molecule has 0 amide bonds. The van der Waals surface area contributed by atoms with Crippen molar-refractivity contribution in [1.29, 1.82) is 0 Å². The molecule has 0 aromatic carbocycles. The Hall–Kier alpha value is -0.290. The summed E-state index contributed by atoms with van der Waals surface area (Å²) >= 11 is 0. The van der Waals surface area contributed by atoms with Crippen molar-refractivity contribution in [3.63, 3.8) is 0 Å². The Bertz CT molecular complexity index is 63.4. The topological polar surface area (TPSA) is 11.3 Å². The van der Waals surface area contributed by atoms with Gasteiger partial charge in [0.1, 0.15) is 0 Å². The van der Waals surface area contributed by atoms with Gasteiger partial charge in [-0.3, -0.25) is 0 Å². The lowest BCUT2D eigenvalue weighted by Gasteiger charge is -1.28. The minimum absolute atomic E-state index is 0.573. The van der Waals surface area contributed by atoms with Crippen LogP contribution in [0, 0.1) is 0 Å². The third-order valence-electron chi connectivity index (χ3n) is 0.379. The molecule has 0 bridgehead atoms. The van der Waals surface area contributed by atoms with Gasteiger partial charge >= 0.3 is 6.26 Å². The number of rotatable bonds is 0. The van der Waals surface area contributed by atoms with Crippen LogP contribution in [0.5, 0.6) is 0 Å². The Labute approximate surface area is 31.8 Å². The van der Waals surface area contributed by atoms with Crippen molar-refractivity contribution < 1.29 is 4.20 Å². The fraction of sp³-hybridized carbons (Fsp3) is 0. The largest absolute Gasteiger partial charge is 0.318 e. The first-order valence-corrected chi connectivity index (χ1v) is 2.38. The van der Waals surface area contributed by atoms with Crippen LogP contribution in [0.3, 0.4) is 0 Å². The van der Waals surface area contributed by atoms with E-state index in [0.29, 0.717) is 8.43 Å². The molecular weight excluding hydrogens is 83.0 g/mol. The van der Waals surface area contributed by atoms with E-state index in [0.717, 1.165) is 0 Å². The van der Waals surface area contributed by atoms with Gasteiger partial charge < -0.3 is 0 Å². The molecule has 1 nitrogen and oxygen atoms in total. The number of hydrogen-bond acceptors (Lipinski definition) is 0. The number of hydrogen-bond donors (Lipinski definition) is 0. The second kappa shape index (κ2) is 1.23. The van der Waals surface area contributed by atoms with E-state index in [-0.39, 0.29) is 0 Å². The third kappa shape index (κ3) is 0.489. The second-order valence-electron chi connectivity index (χ2n) is 0.731. The van der Waals surface area contributed by atoms with Crippen molar-refractivity contribution in [3.05, 3.63) is 18.1 Å². The predicted molar refractivity (Wildman–Crippen MR) is 22.6 cm³/mol.